The van der Waals surface area contributed by atoms with Crippen LogP contribution in [0.4, 0.5) is 0 Å². The second-order valence-corrected chi connectivity index (χ2v) is 13.5. The Kier molecular flexibility index (Phi) is 9.15. The summed E-state index contributed by atoms with van der Waals surface area (Å²) >= 11 is 0. The van der Waals surface area contributed by atoms with Crippen molar-refractivity contribution in [3.63, 3.8) is 0 Å². The Morgan fingerprint density at radius 3 is 1.53 bits per heavy atom. The van der Waals surface area contributed by atoms with Crippen molar-refractivity contribution in [2.24, 2.45) is 15.7 Å². The van der Waals surface area contributed by atoms with E-state index in [-0.39, 0.29) is 0 Å². The molecule has 0 spiro atoms. The maximum absolute atomic E-state index is 5.97. The Hall–Kier alpha value is -6.90. The Balaban J connectivity index is 1.30. The van der Waals surface area contributed by atoms with E-state index >= 15 is 0 Å². The SMILES string of the molecule is COc1ccc(C2=C3C=CC(=N3)C(c3ccncc3)=C3C=CC(=C(c4ccc(OCCCN)cc4)C4=NC(=C(c5ccncc5)c5ccc2[nH]5)C=C4)C3)cc1. The molecule has 3 aromatic heterocycles. The number of H-pyrrole nitrogens is 1. The van der Waals surface area contributed by atoms with E-state index in [1.807, 2.05) is 61.2 Å². The molecule has 9 rings (SSSR count). The van der Waals surface area contributed by atoms with Gasteiger partial charge in [-0.2, -0.15) is 0 Å². The molecule has 1 aliphatic carbocycles. The summed E-state index contributed by atoms with van der Waals surface area (Å²) in [6.45, 7) is 1.17. The Labute approximate surface area is 319 Å². The van der Waals surface area contributed by atoms with Crippen LogP contribution in [0.1, 0.15) is 46.5 Å². The second kappa shape index (κ2) is 14.9. The monoisotopic (exact) mass is 718 g/mol. The molecule has 0 atom stereocenters. The van der Waals surface area contributed by atoms with Crippen LogP contribution in [-0.2, 0) is 0 Å². The second-order valence-electron chi connectivity index (χ2n) is 13.5. The molecular formula is C47H38N6O2. The van der Waals surface area contributed by atoms with E-state index in [1.54, 1.807) is 7.11 Å². The number of allylic oxidation sites excluding steroid dienone is 10. The van der Waals surface area contributed by atoms with Gasteiger partial charge in [-0.3, -0.25) is 9.97 Å². The van der Waals surface area contributed by atoms with Gasteiger partial charge in [0.25, 0.3) is 0 Å². The summed E-state index contributed by atoms with van der Waals surface area (Å²) in [5, 5.41) is 0. The van der Waals surface area contributed by atoms with E-state index in [0.717, 1.165) is 96.7 Å². The summed E-state index contributed by atoms with van der Waals surface area (Å²) < 4.78 is 11.5. The zero-order valence-corrected chi connectivity index (χ0v) is 30.4. The lowest BCUT2D eigenvalue weighted by atomic mass is 9.91. The van der Waals surface area contributed by atoms with Gasteiger partial charge in [-0.1, -0.05) is 36.4 Å². The summed E-state index contributed by atoms with van der Waals surface area (Å²) in [4.78, 5) is 23.2. The van der Waals surface area contributed by atoms with Crippen LogP contribution in [0.15, 0.2) is 179 Å². The predicted octanol–water partition coefficient (Wildman–Crippen LogP) is 8.96. The van der Waals surface area contributed by atoms with Crippen molar-refractivity contribution in [3.05, 3.63) is 202 Å². The number of hydrogen-bond acceptors (Lipinski definition) is 7. The smallest absolute Gasteiger partial charge is 0.119 e. The number of fused-ring (bicyclic) bond motifs is 6. The fourth-order valence-corrected chi connectivity index (χ4v) is 7.50. The predicted molar refractivity (Wildman–Crippen MR) is 221 cm³/mol. The van der Waals surface area contributed by atoms with E-state index in [4.69, 9.17) is 25.2 Å². The Morgan fingerprint density at radius 1 is 0.545 bits per heavy atom. The minimum Gasteiger partial charge on any atom is -0.497 e. The molecule has 8 nitrogen and oxygen atoms in total. The zero-order chi connectivity index (χ0) is 37.1. The number of aromatic amines is 1. The molecular weight excluding hydrogens is 681 g/mol. The molecule has 0 fully saturated rings. The van der Waals surface area contributed by atoms with E-state index in [0.29, 0.717) is 19.6 Å². The van der Waals surface area contributed by atoms with E-state index < -0.39 is 0 Å². The first kappa shape index (κ1) is 33.9. The Bertz CT molecular complexity index is 2560. The van der Waals surface area contributed by atoms with Crippen LogP contribution >= 0.6 is 0 Å². The molecule has 0 radical (unpaired) electrons. The summed E-state index contributed by atoms with van der Waals surface area (Å²) in [5.41, 5.74) is 21.7. The lowest BCUT2D eigenvalue weighted by molar-refractivity contribution is 0.313. The quantitative estimate of drug-likeness (QED) is 0.148. The number of nitrogens with zero attached hydrogens (tertiary/aromatic N) is 4. The van der Waals surface area contributed by atoms with Crippen LogP contribution in [-0.4, -0.2) is 46.6 Å². The van der Waals surface area contributed by atoms with Crippen molar-refractivity contribution in [2.75, 3.05) is 20.3 Å². The molecule has 3 aliphatic heterocycles. The normalized spacial score (nSPS) is 16.0. The average molecular weight is 719 g/mol. The first-order valence-corrected chi connectivity index (χ1v) is 18.4. The molecule has 5 aromatic rings. The van der Waals surface area contributed by atoms with Gasteiger partial charge in [-0.15, -0.1) is 0 Å². The lowest BCUT2D eigenvalue weighted by Gasteiger charge is -2.15. The van der Waals surface area contributed by atoms with Crippen LogP contribution in [0.3, 0.4) is 0 Å². The van der Waals surface area contributed by atoms with Gasteiger partial charge in [0.15, 0.2) is 0 Å². The van der Waals surface area contributed by atoms with Gasteiger partial charge < -0.3 is 20.2 Å². The van der Waals surface area contributed by atoms with Gasteiger partial charge >= 0.3 is 0 Å². The molecule has 0 amide bonds. The number of pyridine rings is 2. The molecule has 0 saturated heterocycles. The number of benzene rings is 2. The number of nitrogens with one attached hydrogen (secondary N) is 1. The number of hydrogen-bond donors (Lipinski definition) is 2. The number of rotatable bonds is 9. The standard InChI is InChI=1S/C47H38N6O2/c1-54-36-9-5-31(6-10-36)46-40-15-14-39(52-40)45(32-19-24-49-25-20-32)35-4-3-34(29-35)44(30-7-11-37(12-8-30)55-28-2-23-48)38-13-16-42(51-38)47(33-21-26-50-27-22-33)43-18-17-41(46)53-43/h3-22,24-27,53H,2,23,28-29,48H2,1H3. The number of nitrogens with two attached hydrogens (primary N) is 1. The Morgan fingerprint density at radius 2 is 1.02 bits per heavy atom. The number of aromatic nitrogens is 3. The van der Waals surface area contributed by atoms with Crippen LogP contribution in [0, 0.1) is 0 Å². The summed E-state index contributed by atoms with van der Waals surface area (Å²) in [7, 11) is 1.68. The van der Waals surface area contributed by atoms with Crippen molar-refractivity contribution < 1.29 is 9.47 Å². The van der Waals surface area contributed by atoms with Gasteiger partial charge in [0.2, 0.25) is 0 Å². The molecule has 55 heavy (non-hydrogen) atoms. The minimum absolute atomic E-state index is 0.580. The number of aliphatic imine (C=N–C) groups is 2. The number of methoxy groups -OCH3 is 1. The van der Waals surface area contributed by atoms with Crippen molar-refractivity contribution >= 4 is 33.7 Å². The van der Waals surface area contributed by atoms with Gasteiger partial charge in [0.1, 0.15) is 11.5 Å². The molecule has 2 aromatic carbocycles. The maximum Gasteiger partial charge on any atom is 0.119 e. The first-order chi connectivity index (χ1) is 27.2. The van der Waals surface area contributed by atoms with Crippen LogP contribution in [0.5, 0.6) is 11.5 Å². The summed E-state index contributed by atoms with van der Waals surface area (Å²) in [6, 6.07) is 28.9. The molecule has 0 saturated carbocycles. The third kappa shape index (κ3) is 6.64. The molecule has 0 unspecified atom stereocenters. The topological polar surface area (TPSA) is 111 Å². The van der Waals surface area contributed by atoms with Crippen LogP contribution in [0.25, 0.3) is 22.3 Å². The van der Waals surface area contributed by atoms with Crippen molar-refractivity contribution in [1.29, 1.82) is 0 Å². The average Bonchev–Trinajstić information content (AvgIpc) is 4.08. The van der Waals surface area contributed by atoms with Gasteiger partial charge in [0.05, 0.1) is 36.5 Å². The van der Waals surface area contributed by atoms with E-state index in [1.165, 1.54) is 11.1 Å². The molecule has 4 aliphatic rings. The van der Waals surface area contributed by atoms with Crippen LogP contribution in [0.2, 0.25) is 0 Å². The van der Waals surface area contributed by atoms with E-state index in [2.05, 4.69) is 99.9 Å². The minimum atomic E-state index is 0.580. The molecule has 8 heteroatoms. The van der Waals surface area contributed by atoms with Gasteiger partial charge in [0, 0.05) is 58.5 Å². The van der Waals surface area contributed by atoms with Crippen LogP contribution < -0.4 is 15.2 Å². The molecule has 8 bridgehead atoms. The zero-order valence-electron chi connectivity index (χ0n) is 30.4. The van der Waals surface area contributed by atoms with Gasteiger partial charge in [-0.05, 0) is 138 Å². The highest BCUT2D eigenvalue weighted by atomic mass is 16.5. The largest absolute Gasteiger partial charge is 0.497 e. The van der Waals surface area contributed by atoms with Gasteiger partial charge in [-0.25, -0.2) is 9.98 Å². The fraction of sp³-hybridized carbons (Fsp3) is 0.106. The first-order valence-electron chi connectivity index (χ1n) is 18.4. The number of ether oxygens (including phenoxy) is 2. The van der Waals surface area contributed by atoms with Crippen molar-refractivity contribution in [1.82, 2.24) is 15.0 Å². The fourth-order valence-electron chi connectivity index (χ4n) is 7.50. The third-order valence-corrected chi connectivity index (χ3v) is 10.1. The van der Waals surface area contributed by atoms with E-state index in [9.17, 15) is 0 Å². The molecule has 6 heterocycles. The molecule has 268 valence electrons. The van der Waals surface area contributed by atoms with Crippen molar-refractivity contribution in [3.8, 4) is 11.5 Å². The highest BCUT2D eigenvalue weighted by Crippen LogP contribution is 2.41. The lowest BCUT2D eigenvalue weighted by Crippen LogP contribution is -2.06. The summed E-state index contributed by atoms with van der Waals surface area (Å²) in [5.74, 6) is 1.61. The highest BCUT2D eigenvalue weighted by molar-refractivity contribution is 6.34. The molecule has 3 N–H and O–H groups in total. The highest BCUT2D eigenvalue weighted by Gasteiger charge is 2.26. The van der Waals surface area contributed by atoms with Crippen molar-refractivity contribution in [2.45, 2.75) is 12.8 Å². The maximum atomic E-state index is 5.97. The summed E-state index contributed by atoms with van der Waals surface area (Å²) in [6.07, 6.45) is 21.8. The third-order valence-electron chi connectivity index (χ3n) is 10.1.